The van der Waals surface area contributed by atoms with Crippen LogP contribution in [0.4, 0.5) is 26.7 Å². The van der Waals surface area contributed by atoms with Crippen LogP contribution in [0, 0.1) is 11.3 Å². The SMILES string of the molecule is COC(=O)Nc1cc2onc(C(=O)Nc3ccc(C#N)cc3C(=O)O)c2cc1-c1cc(N(C)C(=O)OC)ccc1OC. The number of fused-ring (bicyclic) bond motifs is 1. The molecule has 0 aliphatic heterocycles. The molecule has 0 saturated heterocycles. The Balaban J connectivity index is 1.87. The summed E-state index contributed by atoms with van der Waals surface area (Å²) in [5.74, 6) is -1.79. The van der Waals surface area contributed by atoms with Crippen molar-refractivity contribution >= 4 is 52.1 Å². The zero-order chi connectivity index (χ0) is 30.6. The number of carbonyl (C=O) groups excluding carboxylic acids is 3. The van der Waals surface area contributed by atoms with Crippen LogP contribution in [0.15, 0.2) is 53.1 Å². The molecule has 0 bridgehead atoms. The van der Waals surface area contributed by atoms with Crippen LogP contribution in [0.3, 0.4) is 0 Å². The van der Waals surface area contributed by atoms with Crippen molar-refractivity contribution in [3.05, 3.63) is 65.4 Å². The van der Waals surface area contributed by atoms with Gasteiger partial charge in [0.15, 0.2) is 11.3 Å². The van der Waals surface area contributed by atoms with Crippen molar-refractivity contribution in [2.24, 2.45) is 0 Å². The van der Waals surface area contributed by atoms with Gasteiger partial charge in [-0.2, -0.15) is 5.26 Å². The topological polar surface area (TPSA) is 193 Å². The second-order valence-electron chi connectivity index (χ2n) is 8.59. The monoisotopic (exact) mass is 573 g/mol. The smallest absolute Gasteiger partial charge is 0.413 e. The number of amides is 3. The number of aromatic carboxylic acids is 1. The van der Waals surface area contributed by atoms with Gasteiger partial charge in [-0.3, -0.25) is 15.0 Å². The van der Waals surface area contributed by atoms with E-state index >= 15 is 0 Å². The van der Waals surface area contributed by atoms with Gasteiger partial charge in [0.2, 0.25) is 0 Å². The van der Waals surface area contributed by atoms with Gasteiger partial charge in [0.05, 0.1) is 55.3 Å². The molecule has 1 heterocycles. The van der Waals surface area contributed by atoms with Gasteiger partial charge in [0.1, 0.15) is 5.75 Å². The highest BCUT2D eigenvalue weighted by molar-refractivity contribution is 6.14. The average Bonchev–Trinajstić information content (AvgIpc) is 3.42. The molecule has 0 unspecified atom stereocenters. The summed E-state index contributed by atoms with van der Waals surface area (Å²) in [6.45, 7) is 0. The van der Waals surface area contributed by atoms with E-state index in [-0.39, 0.29) is 39.2 Å². The molecule has 0 fully saturated rings. The molecule has 0 aliphatic carbocycles. The number of hydrogen-bond acceptors (Lipinski definition) is 10. The van der Waals surface area contributed by atoms with Gasteiger partial charge in [-0.25, -0.2) is 14.4 Å². The second-order valence-corrected chi connectivity index (χ2v) is 8.59. The maximum absolute atomic E-state index is 13.3. The number of anilines is 3. The standard InChI is InChI=1S/C28H23N5O9/c1-33(28(38)41-4)15-6-8-22(39-2)17(10-15)16-11-19-23(12-21(16)31-27(37)40-3)42-32-24(19)25(34)30-20-7-5-14(13-29)9-18(20)26(35)36/h5-12H,1-4H3,(H,30,34)(H,31,37)(H,35,36). The van der Waals surface area contributed by atoms with E-state index in [1.807, 2.05) is 6.07 Å². The Labute approximate surface area is 238 Å². The van der Waals surface area contributed by atoms with Gasteiger partial charge in [-0.1, -0.05) is 5.16 Å². The van der Waals surface area contributed by atoms with Crippen LogP contribution in [-0.2, 0) is 9.47 Å². The molecule has 0 saturated carbocycles. The van der Waals surface area contributed by atoms with Gasteiger partial charge >= 0.3 is 18.2 Å². The fourth-order valence-electron chi connectivity index (χ4n) is 4.07. The van der Waals surface area contributed by atoms with E-state index < -0.39 is 24.1 Å². The Morgan fingerprint density at radius 2 is 1.71 bits per heavy atom. The quantitative estimate of drug-likeness (QED) is 0.277. The Bertz CT molecular complexity index is 1770. The Kier molecular flexibility index (Phi) is 8.23. The van der Waals surface area contributed by atoms with Crippen molar-refractivity contribution in [3.63, 3.8) is 0 Å². The minimum atomic E-state index is -1.35. The molecule has 14 heteroatoms. The molecule has 42 heavy (non-hydrogen) atoms. The van der Waals surface area contributed by atoms with E-state index in [0.717, 1.165) is 6.07 Å². The van der Waals surface area contributed by atoms with Crippen LogP contribution < -0.4 is 20.3 Å². The van der Waals surface area contributed by atoms with Crippen molar-refractivity contribution in [2.45, 2.75) is 0 Å². The van der Waals surface area contributed by atoms with Crippen molar-refractivity contribution in [1.29, 1.82) is 5.26 Å². The molecular formula is C28H23N5O9. The first-order chi connectivity index (χ1) is 20.1. The summed E-state index contributed by atoms with van der Waals surface area (Å²) in [6, 6.07) is 13.4. The number of carboxylic acids is 1. The van der Waals surface area contributed by atoms with E-state index in [0.29, 0.717) is 22.6 Å². The molecule has 4 aromatic rings. The summed E-state index contributed by atoms with van der Waals surface area (Å²) >= 11 is 0. The average molecular weight is 574 g/mol. The van der Waals surface area contributed by atoms with E-state index in [2.05, 4.69) is 15.8 Å². The van der Waals surface area contributed by atoms with Gasteiger partial charge in [-0.05, 0) is 42.5 Å². The number of nitrogens with one attached hydrogen (secondary N) is 2. The highest BCUT2D eigenvalue weighted by Gasteiger charge is 2.24. The van der Waals surface area contributed by atoms with Gasteiger partial charge in [-0.15, -0.1) is 0 Å². The fraction of sp³-hybridized carbons (Fsp3) is 0.143. The predicted molar refractivity (Wildman–Crippen MR) is 149 cm³/mol. The van der Waals surface area contributed by atoms with E-state index in [9.17, 15) is 24.3 Å². The Morgan fingerprint density at radius 1 is 0.952 bits per heavy atom. The van der Waals surface area contributed by atoms with Gasteiger partial charge < -0.3 is 29.2 Å². The first kappa shape index (κ1) is 28.9. The minimum Gasteiger partial charge on any atom is -0.496 e. The highest BCUT2D eigenvalue weighted by Crippen LogP contribution is 2.41. The minimum absolute atomic E-state index is 0.0629. The lowest BCUT2D eigenvalue weighted by Crippen LogP contribution is -2.25. The zero-order valence-corrected chi connectivity index (χ0v) is 22.7. The summed E-state index contributed by atoms with van der Waals surface area (Å²) in [7, 11) is 5.37. The van der Waals surface area contributed by atoms with Gasteiger partial charge in [0.25, 0.3) is 5.91 Å². The number of nitrogens with zero attached hydrogens (tertiary/aromatic N) is 3. The molecule has 3 N–H and O–H groups in total. The Hall–Kier alpha value is -6.10. The van der Waals surface area contributed by atoms with Crippen molar-refractivity contribution < 1.29 is 43.0 Å². The Morgan fingerprint density at radius 3 is 2.36 bits per heavy atom. The normalized spacial score (nSPS) is 10.4. The number of nitriles is 1. The molecule has 14 nitrogen and oxygen atoms in total. The maximum Gasteiger partial charge on any atom is 0.413 e. The zero-order valence-electron chi connectivity index (χ0n) is 22.7. The number of benzene rings is 3. The number of carbonyl (C=O) groups is 4. The lowest BCUT2D eigenvalue weighted by Gasteiger charge is -2.19. The van der Waals surface area contributed by atoms with E-state index in [1.54, 1.807) is 18.2 Å². The highest BCUT2D eigenvalue weighted by atomic mass is 16.5. The second kappa shape index (κ2) is 12.0. The lowest BCUT2D eigenvalue weighted by molar-refractivity contribution is 0.0698. The molecule has 0 aliphatic rings. The number of rotatable bonds is 7. The van der Waals surface area contributed by atoms with Crippen LogP contribution in [0.5, 0.6) is 5.75 Å². The third-order valence-electron chi connectivity index (χ3n) is 6.18. The van der Waals surface area contributed by atoms with Gasteiger partial charge in [0, 0.05) is 29.9 Å². The lowest BCUT2D eigenvalue weighted by atomic mass is 9.99. The first-order valence-electron chi connectivity index (χ1n) is 12.0. The van der Waals surface area contributed by atoms with Crippen molar-refractivity contribution in [3.8, 4) is 22.9 Å². The number of carboxylic acid groups (broad SMARTS) is 1. The molecule has 0 atom stereocenters. The largest absolute Gasteiger partial charge is 0.496 e. The van der Waals surface area contributed by atoms with Crippen molar-refractivity contribution in [2.75, 3.05) is 43.9 Å². The third kappa shape index (κ3) is 5.61. The summed E-state index contributed by atoms with van der Waals surface area (Å²) in [6.07, 6.45) is -1.42. The van der Waals surface area contributed by atoms with Crippen LogP contribution in [-0.4, -0.2) is 62.7 Å². The molecule has 4 rings (SSSR count). The fourth-order valence-corrected chi connectivity index (χ4v) is 4.07. The van der Waals surface area contributed by atoms with Crippen LogP contribution >= 0.6 is 0 Å². The molecule has 3 aromatic carbocycles. The molecule has 0 radical (unpaired) electrons. The molecule has 1 aromatic heterocycles. The molecule has 3 amide bonds. The number of methoxy groups -OCH3 is 3. The van der Waals surface area contributed by atoms with Crippen molar-refractivity contribution in [1.82, 2.24) is 5.16 Å². The van der Waals surface area contributed by atoms with E-state index in [1.165, 1.54) is 57.5 Å². The molecular weight excluding hydrogens is 550 g/mol. The summed E-state index contributed by atoms with van der Waals surface area (Å²) < 4.78 is 20.5. The summed E-state index contributed by atoms with van der Waals surface area (Å²) in [5.41, 5.74) is 1.03. The molecule has 214 valence electrons. The summed E-state index contributed by atoms with van der Waals surface area (Å²) in [4.78, 5) is 50.6. The maximum atomic E-state index is 13.3. The molecule has 0 spiro atoms. The third-order valence-corrected chi connectivity index (χ3v) is 6.18. The number of ether oxygens (including phenoxy) is 3. The van der Waals surface area contributed by atoms with Crippen LogP contribution in [0.1, 0.15) is 26.4 Å². The predicted octanol–water partition coefficient (Wildman–Crippen LogP) is 4.71. The number of aromatic nitrogens is 1. The number of hydrogen-bond donors (Lipinski definition) is 3. The van der Waals surface area contributed by atoms with Crippen LogP contribution in [0.25, 0.3) is 22.1 Å². The van der Waals surface area contributed by atoms with Crippen LogP contribution in [0.2, 0.25) is 0 Å². The van der Waals surface area contributed by atoms with E-state index in [4.69, 9.17) is 24.0 Å². The first-order valence-corrected chi connectivity index (χ1v) is 12.0. The summed E-state index contributed by atoms with van der Waals surface area (Å²) in [5, 5.41) is 27.8.